The van der Waals surface area contributed by atoms with Crippen LogP contribution in [0.25, 0.3) is 0 Å². The van der Waals surface area contributed by atoms with Crippen LogP contribution in [0, 0.1) is 0 Å². The molecule has 0 aliphatic rings. The molecule has 0 spiro atoms. The molecule has 0 heterocycles. The first kappa shape index (κ1) is 16.5. The molecule has 0 aliphatic heterocycles. The summed E-state index contributed by atoms with van der Waals surface area (Å²) in [5, 5.41) is 8.68. The first-order chi connectivity index (χ1) is 8.30. The predicted molar refractivity (Wildman–Crippen MR) is 62.1 cm³/mol. The minimum atomic E-state index is -4.22. The van der Waals surface area contributed by atoms with Crippen molar-refractivity contribution < 1.29 is 18.0 Å². The van der Waals surface area contributed by atoms with Crippen LogP contribution < -0.4 is 16.1 Å². The number of hydrogen-bond donors (Lipinski definition) is 3. The standard InChI is InChI=1S/C9H18F3N5O/c1-13-8(18)7(16-14-2)15-4-5-17(3)6-9(10,11)12/h14H,4-6H2,1-3H3,(H,13,18)(H,15,16). The van der Waals surface area contributed by atoms with Gasteiger partial charge in [-0.25, -0.2) is 0 Å². The first-order valence-corrected chi connectivity index (χ1v) is 5.26. The quantitative estimate of drug-likeness (QED) is 0.352. The van der Waals surface area contributed by atoms with Gasteiger partial charge in [-0.05, 0) is 7.05 Å². The van der Waals surface area contributed by atoms with Crippen molar-refractivity contribution in [2.75, 3.05) is 40.8 Å². The lowest BCUT2D eigenvalue weighted by molar-refractivity contribution is -0.142. The number of alkyl halides is 3. The van der Waals surface area contributed by atoms with Gasteiger partial charge in [0.25, 0.3) is 5.91 Å². The topological polar surface area (TPSA) is 68.8 Å². The average molecular weight is 269 g/mol. The van der Waals surface area contributed by atoms with Crippen molar-refractivity contribution in [3.05, 3.63) is 0 Å². The molecule has 0 aliphatic carbocycles. The van der Waals surface area contributed by atoms with Gasteiger partial charge in [0.15, 0.2) is 0 Å². The molecular formula is C9H18F3N5O. The van der Waals surface area contributed by atoms with E-state index >= 15 is 0 Å². The van der Waals surface area contributed by atoms with E-state index in [-0.39, 0.29) is 18.9 Å². The number of halogens is 3. The van der Waals surface area contributed by atoms with Gasteiger partial charge in [-0.2, -0.15) is 18.3 Å². The molecule has 106 valence electrons. The zero-order valence-electron chi connectivity index (χ0n) is 10.6. The van der Waals surface area contributed by atoms with E-state index in [4.69, 9.17) is 0 Å². The molecule has 18 heavy (non-hydrogen) atoms. The Morgan fingerprint density at radius 2 is 1.94 bits per heavy atom. The summed E-state index contributed by atoms with van der Waals surface area (Å²) in [4.78, 5) is 12.4. The lowest BCUT2D eigenvalue weighted by Crippen LogP contribution is -2.43. The summed E-state index contributed by atoms with van der Waals surface area (Å²) >= 11 is 0. The van der Waals surface area contributed by atoms with Gasteiger partial charge < -0.3 is 16.1 Å². The van der Waals surface area contributed by atoms with Gasteiger partial charge in [-0.3, -0.25) is 9.69 Å². The van der Waals surface area contributed by atoms with Gasteiger partial charge >= 0.3 is 6.18 Å². The lowest BCUT2D eigenvalue weighted by atomic mass is 10.4. The molecule has 0 saturated carbocycles. The van der Waals surface area contributed by atoms with Crippen LogP contribution in [-0.2, 0) is 4.79 Å². The van der Waals surface area contributed by atoms with E-state index in [0.29, 0.717) is 0 Å². The molecule has 0 aromatic rings. The van der Waals surface area contributed by atoms with Crippen LogP contribution in [0.2, 0.25) is 0 Å². The summed E-state index contributed by atoms with van der Waals surface area (Å²) in [6.07, 6.45) is -4.22. The van der Waals surface area contributed by atoms with Crippen LogP contribution in [0.4, 0.5) is 13.2 Å². The van der Waals surface area contributed by atoms with Crippen LogP contribution in [0.5, 0.6) is 0 Å². The Bertz CT molecular complexity index is 292. The second-order valence-electron chi connectivity index (χ2n) is 3.54. The number of nitrogens with zero attached hydrogens (tertiary/aromatic N) is 2. The van der Waals surface area contributed by atoms with Crippen molar-refractivity contribution in [2.45, 2.75) is 6.18 Å². The molecule has 3 N–H and O–H groups in total. The Balaban J connectivity index is 4.08. The summed E-state index contributed by atoms with van der Waals surface area (Å²) in [5.74, 6) is -0.414. The minimum absolute atomic E-state index is 0.0282. The maximum atomic E-state index is 12.0. The van der Waals surface area contributed by atoms with Crippen LogP contribution in [0.1, 0.15) is 0 Å². The number of amidine groups is 1. The molecule has 9 heteroatoms. The Morgan fingerprint density at radius 1 is 1.33 bits per heavy atom. The summed E-state index contributed by atoms with van der Waals surface area (Å²) in [6.45, 7) is -0.674. The summed E-state index contributed by atoms with van der Waals surface area (Å²) in [6, 6.07) is 0. The number of carbonyl (C=O) groups excluding carboxylic acids is 1. The first-order valence-electron chi connectivity index (χ1n) is 5.26. The molecule has 0 unspecified atom stereocenters. The van der Waals surface area contributed by atoms with Crippen molar-refractivity contribution in [1.82, 2.24) is 21.0 Å². The molecule has 0 aromatic carbocycles. The van der Waals surface area contributed by atoms with E-state index in [1.807, 2.05) is 0 Å². The minimum Gasteiger partial charge on any atom is -0.363 e. The number of nitrogens with one attached hydrogen (secondary N) is 3. The lowest BCUT2D eigenvalue weighted by Gasteiger charge is -2.18. The Labute approximate surface area is 104 Å². The molecule has 0 atom stereocenters. The van der Waals surface area contributed by atoms with Gasteiger partial charge in [0, 0.05) is 27.2 Å². The smallest absolute Gasteiger partial charge is 0.363 e. The zero-order valence-corrected chi connectivity index (χ0v) is 10.6. The van der Waals surface area contributed by atoms with Crippen molar-refractivity contribution >= 4 is 11.7 Å². The van der Waals surface area contributed by atoms with E-state index in [9.17, 15) is 18.0 Å². The fourth-order valence-electron chi connectivity index (χ4n) is 1.15. The number of amides is 1. The predicted octanol–water partition coefficient (Wildman–Crippen LogP) is -0.651. The fraction of sp³-hybridized carbons (Fsp3) is 0.778. The number of carbonyl (C=O) groups is 1. The van der Waals surface area contributed by atoms with Crippen molar-refractivity contribution in [1.29, 1.82) is 0 Å². The number of hydrazone groups is 1. The Kier molecular flexibility index (Phi) is 7.10. The molecule has 0 fully saturated rings. The number of likely N-dealkylation sites (N-methyl/N-ethyl adjacent to an activating group) is 2. The molecular weight excluding hydrogens is 251 g/mol. The van der Waals surface area contributed by atoms with Crippen molar-refractivity contribution in [3.8, 4) is 0 Å². The van der Waals surface area contributed by atoms with Crippen molar-refractivity contribution in [3.63, 3.8) is 0 Å². The largest absolute Gasteiger partial charge is 0.401 e. The van der Waals surface area contributed by atoms with Gasteiger partial charge in [-0.1, -0.05) is 0 Å². The normalized spacial score (nSPS) is 12.5. The molecule has 0 rings (SSSR count). The van der Waals surface area contributed by atoms with E-state index in [1.54, 1.807) is 0 Å². The Morgan fingerprint density at radius 3 is 2.39 bits per heavy atom. The highest BCUT2D eigenvalue weighted by Crippen LogP contribution is 2.14. The third-order valence-corrected chi connectivity index (χ3v) is 1.90. The van der Waals surface area contributed by atoms with E-state index in [2.05, 4.69) is 21.2 Å². The molecule has 0 bridgehead atoms. The fourth-order valence-corrected chi connectivity index (χ4v) is 1.15. The van der Waals surface area contributed by atoms with Gasteiger partial charge in [0.05, 0.1) is 6.54 Å². The highest BCUT2D eigenvalue weighted by atomic mass is 19.4. The average Bonchev–Trinajstić information content (AvgIpc) is 2.24. The molecule has 1 amide bonds. The summed E-state index contributed by atoms with van der Waals surface area (Å²) in [5.41, 5.74) is 2.43. The SMILES string of the molecule is CN/N=C(/NCCN(C)CC(F)(F)F)C(=O)NC. The van der Waals surface area contributed by atoms with Gasteiger partial charge in [0.2, 0.25) is 5.84 Å². The summed E-state index contributed by atoms with van der Waals surface area (Å²) in [7, 11) is 4.30. The molecule has 0 aromatic heterocycles. The highest BCUT2D eigenvalue weighted by Gasteiger charge is 2.28. The molecule has 6 nitrogen and oxygen atoms in total. The van der Waals surface area contributed by atoms with Crippen LogP contribution in [0.3, 0.4) is 0 Å². The number of rotatable bonds is 5. The number of hydrogen-bond acceptors (Lipinski definition) is 4. The maximum Gasteiger partial charge on any atom is 0.401 e. The molecule has 0 radical (unpaired) electrons. The van der Waals surface area contributed by atoms with Crippen molar-refractivity contribution in [2.24, 2.45) is 5.10 Å². The van der Waals surface area contributed by atoms with Gasteiger partial charge in [-0.15, -0.1) is 0 Å². The van der Waals surface area contributed by atoms with Crippen LogP contribution in [0.15, 0.2) is 5.10 Å². The second kappa shape index (κ2) is 7.75. The Hall–Kier alpha value is -1.51. The third-order valence-electron chi connectivity index (χ3n) is 1.90. The maximum absolute atomic E-state index is 12.0. The van der Waals surface area contributed by atoms with Gasteiger partial charge in [0.1, 0.15) is 0 Å². The van der Waals surface area contributed by atoms with E-state index in [0.717, 1.165) is 4.90 Å². The zero-order chi connectivity index (χ0) is 14.2. The second-order valence-corrected chi connectivity index (χ2v) is 3.54. The highest BCUT2D eigenvalue weighted by molar-refractivity contribution is 6.37. The molecule has 0 saturated heterocycles. The van der Waals surface area contributed by atoms with Crippen LogP contribution in [-0.4, -0.2) is 63.6 Å². The van der Waals surface area contributed by atoms with E-state index < -0.39 is 18.6 Å². The summed E-state index contributed by atoms with van der Waals surface area (Å²) < 4.78 is 36.1. The monoisotopic (exact) mass is 269 g/mol. The third kappa shape index (κ3) is 7.71. The van der Waals surface area contributed by atoms with E-state index in [1.165, 1.54) is 21.1 Å². The van der Waals surface area contributed by atoms with Crippen LogP contribution >= 0.6 is 0 Å².